The van der Waals surface area contributed by atoms with Gasteiger partial charge >= 0.3 is 0 Å². The van der Waals surface area contributed by atoms with E-state index < -0.39 is 0 Å². The fourth-order valence-electron chi connectivity index (χ4n) is 1.59. The van der Waals surface area contributed by atoms with Gasteiger partial charge in [-0.15, -0.1) is 0 Å². The van der Waals surface area contributed by atoms with E-state index in [4.69, 9.17) is 0 Å². The summed E-state index contributed by atoms with van der Waals surface area (Å²) in [4.78, 5) is 7.79. The van der Waals surface area contributed by atoms with Crippen LogP contribution in [0.5, 0.6) is 0 Å². The van der Waals surface area contributed by atoms with Crippen molar-refractivity contribution in [3.8, 4) is 11.3 Å². The molecule has 0 spiro atoms. The SMILES string of the molecule is CCCCc1nc(-c2ccccc2)c[nH]1. The summed E-state index contributed by atoms with van der Waals surface area (Å²) in [6, 6.07) is 10.3. The van der Waals surface area contributed by atoms with Crippen LogP contribution in [0.25, 0.3) is 11.3 Å². The Labute approximate surface area is 90.4 Å². The van der Waals surface area contributed by atoms with Gasteiger partial charge in [0.2, 0.25) is 0 Å². The molecule has 0 unspecified atom stereocenters. The number of unbranched alkanes of at least 4 members (excludes halogenated alkanes) is 1. The zero-order valence-electron chi connectivity index (χ0n) is 9.03. The molecule has 0 radical (unpaired) electrons. The molecular formula is C13H16N2. The summed E-state index contributed by atoms with van der Waals surface area (Å²) in [5, 5.41) is 0. The van der Waals surface area contributed by atoms with Crippen molar-refractivity contribution < 1.29 is 0 Å². The van der Waals surface area contributed by atoms with Crippen molar-refractivity contribution in [2.24, 2.45) is 0 Å². The molecule has 0 saturated carbocycles. The Hall–Kier alpha value is -1.57. The van der Waals surface area contributed by atoms with Crippen LogP contribution in [0.2, 0.25) is 0 Å². The molecule has 78 valence electrons. The number of benzene rings is 1. The monoisotopic (exact) mass is 200 g/mol. The van der Waals surface area contributed by atoms with Crippen molar-refractivity contribution in [2.75, 3.05) is 0 Å². The van der Waals surface area contributed by atoms with Gasteiger partial charge in [-0.2, -0.15) is 0 Å². The van der Waals surface area contributed by atoms with Gasteiger partial charge in [0.15, 0.2) is 0 Å². The van der Waals surface area contributed by atoms with Crippen LogP contribution in [0.3, 0.4) is 0 Å². The number of H-pyrrole nitrogens is 1. The predicted molar refractivity (Wildman–Crippen MR) is 62.6 cm³/mol. The Balaban J connectivity index is 2.14. The summed E-state index contributed by atoms with van der Waals surface area (Å²) in [6.07, 6.45) is 5.44. The minimum Gasteiger partial charge on any atom is -0.348 e. The number of aromatic amines is 1. The third-order valence-electron chi connectivity index (χ3n) is 2.47. The molecule has 15 heavy (non-hydrogen) atoms. The maximum atomic E-state index is 4.56. The molecule has 0 aliphatic heterocycles. The Kier molecular flexibility index (Phi) is 3.18. The third kappa shape index (κ3) is 2.46. The van der Waals surface area contributed by atoms with Gasteiger partial charge in [0.05, 0.1) is 5.69 Å². The number of nitrogens with zero attached hydrogens (tertiary/aromatic N) is 1. The lowest BCUT2D eigenvalue weighted by Crippen LogP contribution is -1.87. The second-order valence-electron chi connectivity index (χ2n) is 3.70. The number of aryl methyl sites for hydroxylation is 1. The van der Waals surface area contributed by atoms with Crippen molar-refractivity contribution in [2.45, 2.75) is 26.2 Å². The zero-order chi connectivity index (χ0) is 10.5. The number of hydrogen-bond acceptors (Lipinski definition) is 1. The first-order chi connectivity index (χ1) is 7.40. The Morgan fingerprint density at radius 3 is 2.73 bits per heavy atom. The van der Waals surface area contributed by atoms with E-state index in [2.05, 4.69) is 29.0 Å². The average Bonchev–Trinajstić information content (AvgIpc) is 2.76. The molecule has 0 saturated heterocycles. The molecule has 0 aliphatic rings. The molecule has 1 N–H and O–H groups in total. The summed E-state index contributed by atoms with van der Waals surface area (Å²) >= 11 is 0. The zero-order valence-corrected chi connectivity index (χ0v) is 9.03. The lowest BCUT2D eigenvalue weighted by molar-refractivity contribution is 0.763. The van der Waals surface area contributed by atoms with E-state index >= 15 is 0 Å². The molecule has 2 heteroatoms. The Morgan fingerprint density at radius 2 is 2.00 bits per heavy atom. The summed E-state index contributed by atoms with van der Waals surface area (Å²) in [6.45, 7) is 2.20. The third-order valence-corrected chi connectivity index (χ3v) is 2.47. The molecule has 0 fully saturated rings. The van der Waals surface area contributed by atoms with Gasteiger partial charge in [-0.1, -0.05) is 43.7 Å². The van der Waals surface area contributed by atoms with Crippen LogP contribution in [0.1, 0.15) is 25.6 Å². The highest BCUT2D eigenvalue weighted by Crippen LogP contribution is 2.16. The topological polar surface area (TPSA) is 28.7 Å². The van der Waals surface area contributed by atoms with Crippen molar-refractivity contribution in [3.63, 3.8) is 0 Å². The summed E-state index contributed by atoms with van der Waals surface area (Å²) < 4.78 is 0. The van der Waals surface area contributed by atoms with Crippen LogP contribution in [0, 0.1) is 0 Å². The fourth-order valence-corrected chi connectivity index (χ4v) is 1.59. The van der Waals surface area contributed by atoms with Crippen LogP contribution >= 0.6 is 0 Å². The smallest absolute Gasteiger partial charge is 0.106 e. The van der Waals surface area contributed by atoms with Crippen LogP contribution in [-0.2, 0) is 6.42 Å². The molecule has 0 bridgehead atoms. The highest BCUT2D eigenvalue weighted by molar-refractivity contribution is 5.57. The first-order valence-corrected chi connectivity index (χ1v) is 5.50. The van der Waals surface area contributed by atoms with Gasteiger partial charge in [0.1, 0.15) is 5.82 Å². The normalized spacial score (nSPS) is 10.5. The van der Waals surface area contributed by atoms with E-state index in [1.54, 1.807) is 0 Å². The van der Waals surface area contributed by atoms with Gasteiger partial charge in [0, 0.05) is 18.2 Å². The molecule has 0 amide bonds. The minimum atomic E-state index is 1.04. The lowest BCUT2D eigenvalue weighted by Gasteiger charge is -1.94. The first kappa shape index (κ1) is 9.97. The quantitative estimate of drug-likeness (QED) is 0.804. The van der Waals surface area contributed by atoms with Crippen LogP contribution in [0.15, 0.2) is 36.5 Å². The largest absolute Gasteiger partial charge is 0.348 e. The van der Waals surface area contributed by atoms with E-state index in [1.807, 2.05) is 24.4 Å². The maximum absolute atomic E-state index is 4.56. The van der Waals surface area contributed by atoms with E-state index in [-0.39, 0.29) is 0 Å². The van der Waals surface area contributed by atoms with Crippen LogP contribution in [0.4, 0.5) is 0 Å². The van der Waals surface area contributed by atoms with Crippen molar-refractivity contribution >= 4 is 0 Å². The summed E-state index contributed by atoms with van der Waals surface area (Å²) in [5.74, 6) is 1.09. The second kappa shape index (κ2) is 4.78. The van der Waals surface area contributed by atoms with E-state index in [9.17, 15) is 0 Å². The van der Waals surface area contributed by atoms with Gasteiger partial charge in [-0.05, 0) is 6.42 Å². The number of nitrogens with one attached hydrogen (secondary N) is 1. The standard InChI is InChI=1S/C13H16N2/c1-2-3-9-13-14-10-12(15-13)11-7-5-4-6-8-11/h4-8,10H,2-3,9H2,1H3,(H,14,15). The first-order valence-electron chi connectivity index (χ1n) is 5.50. The fraction of sp³-hybridized carbons (Fsp3) is 0.308. The average molecular weight is 200 g/mol. The number of imidazole rings is 1. The Bertz CT molecular complexity index is 403. The summed E-state index contributed by atoms with van der Waals surface area (Å²) in [5.41, 5.74) is 2.22. The number of rotatable bonds is 4. The summed E-state index contributed by atoms with van der Waals surface area (Å²) in [7, 11) is 0. The van der Waals surface area contributed by atoms with Crippen molar-refractivity contribution in [1.29, 1.82) is 0 Å². The number of hydrogen-bond donors (Lipinski definition) is 1. The molecule has 1 aromatic heterocycles. The molecule has 2 rings (SSSR count). The molecule has 2 aromatic rings. The van der Waals surface area contributed by atoms with Gasteiger partial charge in [0.25, 0.3) is 0 Å². The Morgan fingerprint density at radius 1 is 1.20 bits per heavy atom. The lowest BCUT2D eigenvalue weighted by atomic mass is 10.2. The van der Waals surface area contributed by atoms with Crippen LogP contribution < -0.4 is 0 Å². The van der Waals surface area contributed by atoms with E-state index in [0.717, 1.165) is 17.9 Å². The molecule has 0 aliphatic carbocycles. The second-order valence-corrected chi connectivity index (χ2v) is 3.70. The molecule has 1 heterocycles. The van der Waals surface area contributed by atoms with Crippen LogP contribution in [-0.4, -0.2) is 9.97 Å². The molecule has 2 nitrogen and oxygen atoms in total. The molecule has 1 aromatic carbocycles. The molecular weight excluding hydrogens is 184 g/mol. The van der Waals surface area contributed by atoms with Crippen molar-refractivity contribution in [1.82, 2.24) is 9.97 Å². The van der Waals surface area contributed by atoms with Gasteiger partial charge < -0.3 is 4.98 Å². The van der Waals surface area contributed by atoms with Crippen molar-refractivity contribution in [3.05, 3.63) is 42.4 Å². The highest BCUT2D eigenvalue weighted by atomic mass is 14.9. The minimum absolute atomic E-state index is 1.04. The van der Waals surface area contributed by atoms with E-state index in [1.165, 1.54) is 18.4 Å². The van der Waals surface area contributed by atoms with Gasteiger partial charge in [-0.3, -0.25) is 0 Å². The maximum Gasteiger partial charge on any atom is 0.106 e. The number of aromatic nitrogens is 2. The molecule has 0 atom stereocenters. The van der Waals surface area contributed by atoms with Gasteiger partial charge in [-0.25, -0.2) is 4.98 Å². The van der Waals surface area contributed by atoms with E-state index in [0.29, 0.717) is 0 Å². The highest BCUT2D eigenvalue weighted by Gasteiger charge is 2.02. The predicted octanol–water partition coefficient (Wildman–Crippen LogP) is 3.42.